The molecule has 0 radical (unpaired) electrons. The van der Waals surface area contributed by atoms with Gasteiger partial charge in [0.25, 0.3) is 18.2 Å². The van der Waals surface area contributed by atoms with E-state index in [2.05, 4.69) is 0 Å². The quantitative estimate of drug-likeness (QED) is 0.498. The van der Waals surface area contributed by atoms with E-state index in [-0.39, 0.29) is 17.6 Å². The molecular formula is C30H38F2N2O5. The maximum atomic E-state index is 14.0. The minimum atomic E-state index is -3.27. The summed E-state index contributed by atoms with van der Waals surface area (Å²) >= 11 is 0. The van der Waals surface area contributed by atoms with Crippen molar-refractivity contribution >= 4 is 11.8 Å². The van der Waals surface area contributed by atoms with Crippen molar-refractivity contribution in [3.63, 3.8) is 0 Å². The molecule has 1 N–H and O–H groups in total. The van der Waals surface area contributed by atoms with E-state index in [1.54, 1.807) is 25.1 Å². The average molecular weight is 545 g/mol. The zero-order valence-corrected chi connectivity index (χ0v) is 23.0. The Bertz CT molecular complexity index is 1180. The molecule has 9 heteroatoms. The molecule has 0 unspecified atom stereocenters. The van der Waals surface area contributed by atoms with Crippen LogP contribution >= 0.6 is 0 Å². The molecule has 2 amide bonds. The second-order valence-corrected chi connectivity index (χ2v) is 11.0. The van der Waals surface area contributed by atoms with Crippen LogP contribution in [0.5, 0.6) is 11.5 Å². The predicted octanol–water partition coefficient (Wildman–Crippen LogP) is 4.64. The molecule has 7 nitrogen and oxygen atoms in total. The van der Waals surface area contributed by atoms with Crippen LogP contribution in [0.3, 0.4) is 0 Å². The van der Waals surface area contributed by atoms with Gasteiger partial charge in [0.1, 0.15) is 11.5 Å². The number of hydrogen-bond donors (Lipinski definition) is 1. The molecular weight excluding hydrogens is 506 g/mol. The second kappa shape index (κ2) is 11.9. The first kappa shape index (κ1) is 28.8. The largest absolute Gasteiger partial charge is 0.497 e. The molecule has 0 bridgehead atoms. The molecule has 1 saturated carbocycles. The lowest BCUT2D eigenvalue weighted by Gasteiger charge is -2.41. The van der Waals surface area contributed by atoms with Crippen LogP contribution in [0.25, 0.3) is 0 Å². The van der Waals surface area contributed by atoms with Crippen molar-refractivity contribution in [2.24, 2.45) is 11.8 Å². The molecule has 0 spiro atoms. The molecule has 0 aromatic heterocycles. The van der Waals surface area contributed by atoms with Crippen molar-refractivity contribution in [2.45, 2.75) is 57.2 Å². The Kier molecular flexibility index (Phi) is 8.79. The fraction of sp³-hybridized carbons (Fsp3) is 0.533. The smallest absolute Gasteiger partial charge is 0.280 e. The lowest BCUT2D eigenvalue weighted by molar-refractivity contribution is -0.173. The van der Waals surface area contributed by atoms with Crippen LogP contribution in [0.4, 0.5) is 8.78 Å². The number of methoxy groups -OCH3 is 1. The van der Waals surface area contributed by atoms with Crippen LogP contribution in [-0.4, -0.2) is 73.5 Å². The number of ether oxygens (including phenoxy) is 2. The minimum Gasteiger partial charge on any atom is -0.497 e. The van der Waals surface area contributed by atoms with Crippen molar-refractivity contribution in [1.82, 2.24) is 9.80 Å². The van der Waals surface area contributed by atoms with Gasteiger partial charge < -0.3 is 24.4 Å². The van der Waals surface area contributed by atoms with Gasteiger partial charge in [0.2, 0.25) is 5.60 Å². The van der Waals surface area contributed by atoms with E-state index in [0.29, 0.717) is 49.1 Å². The molecule has 1 saturated heterocycles. The molecule has 1 heterocycles. The van der Waals surface area contributed by atoms with E-state index in [4.69, 9.17) is 9.47 Å². The third-order valence-electron chi connectivity index (χ3n) is 8.05. The third kappa shape index (κ3) is 6.19. The number of rotatable bonds is 9. The number of hydrogen-bond acceptors (Lipinski definition) is 5. The Morgan fingerprint density at radius 2 is 1.77 bits per heavy atom. The highest BCUT2D eigenvalue weighted by Crippen LogP contribution is 2.39. The number of likely N-dealkylation sites (tertiary alicyclic amines) is 1. The molecule has 2 fully saturated rings. The monoisotopic (exact) mass is 544 g/mol. The number of alkyl halides is 2. The first-order valence-electron chi connectivity index (χ1n) is 13.5. The number of benzene rings is 2. The number of carbonyl (C=O) groups is 2. The fourth-order valence-corrected chi connectivity index (χ4v) is 5.63. The summed E-state index contributed by atoms with van der Waals surface area (Å²) in [5.41, 5.74) is -1.53. The zero-order valence-electron chi connectivity index (χ0n) is 23.0. The number of aliphatic hydroxyl groups is 1. The summed E-state index contributed by atoms with van der Waals surface area (Å²) in [6.45, 7) is 2.59. The van der Waals surface area contributed by atoms with Crippen LogP contribution in [0, 0.1) is 18.8 Å². The Morgan fingerprint density at radius 1 is 1.08 bits per heavy atom. The molecule has 1 aliphatic heterocycles. The summed E-state index contributed by atoms with van der Waals surface area (Å²) in [7, 11) is 4.86. The first-order chi connectivity index (χ1) is 18.5. The van der Waals surface area contributed by atoms with Gasteiger partial charge in [-0.15, -0.1) is 0 Å². The number of carbonyl (C=O) groups excluding carboxylic acids is 2. The molecule has 4 rings (SSSR count). The van der Waals surface area contributed by atoms with Crippen LogP contribution in [0.1, 0.15) is 53.6 Å². The van der Waals surface area contributed by atoms with E-state index in [0.717, 1.165) is 30.6 Å². The Morgan fingerprint density at radius 3 is 2.36 bits per heavy atom. The standard InChI is InChI=1S/C30H38F2N2O5/c1-19-14-24(8-9-26(19)27(35)33(2)3)39-25-16-21(17-25)15-20-10-12-34(13-11-20)29(36)30(37,28(31)32)22-6-5-7-23(18-22)38-4/h5-9,14,18,20-21,25,28,37H,10-13,15-17H2,1-4H3/t21?,25?,30-/m1/s1. The lowest BCUT2D eigenvalue weighted by Crippen LogP contribution is -2.53. The fourth-order valence-electron chi connectivity index (χ4n) is 5.63. The first-order valence-corrected chi connectivity index (χ1v) is 13.5. The predicted molar refractivity (Wildman–Crippen MR) is 143 cm³/mol. The van der Waals surface area contributed by atoms with E-state index in [1.807, 2.05) is 25.1 Å². The highest BCUT2D eigenvalue weighted by atomic mass is 19.3. The normalized spacial score (nSPS) is 21.2. The highest BCUT2D eigenvalue weighted by molar-refractivity contribution is 5.95. The van der Waals surface area contributed by atoms with Crippen molar-refractivity contribution in [2.75, 3.05) is 34.3 Å². The summed E-state index contributed by atoms with van der Waals surface area (Å²) in [6.07, 6.45) is 1.18. The van der Waals surface area contributed by atoms with E-state index in [1.165, 1.54) is 30.2 Å². The Balaban J connectivity index is 1.25. The van der Waals surface area contributed by atoms with E-state index < -0.39 is 17.9 Å². The number of aryl methyl sites for hydroxylation is 1. The van der Waals surface area contributed by atoms with Gasteiger partial charge in [-0.05, 0) is 86.8 Å². The van der Waals surface area contributed by atoms with Gasteiger partial charge in [0.15, 0.2) is 0 Å². The molecule has 1 atom stereocenters. The van der Waals surface area contributed by atoms with Crippen molar-refractivity contribution in [3.8, 4) is 11.5 Å². The Hall–Kier alpha value is -3.20. The van der Waals surface area contributed by atoms with Crippen LogP contribution in [0.15, 0.2) is 42.5 Å². The summed E-state index contributed by atoms with van der Waals surface area (Å²) in [5.74, 6) is 0.987. The van der Waals surface area contributed by atoms with Crippen LogP contribution < -0.4 is 9.47 Å². The number of nitrogens with zero attached hydrogens (tertiary/aromatic N) is 2. The van der Waals surface area contributed by atoms with Gasteiger partial charge in [0, 0.05) is 38.3 Å². The van der Waals surface area contributed by atoms with Crippen molar-refractivity contribution in [3.05, 3.63) is 59.2 Å². The Labute approximate surface area is 228 Å². The minimum absolute atomic E-state index is 0.0327. The lowest BCUT2D eigenvalue weighted by atomic mass is 9.74. The summed E-state index contributed by atoms with van der Waals surface area (Å²) in [4.78, 5) is 28.3. The second-order valence-electron chi connectivity index (χ2n) is 11.0. The average Bonchev–Trinajstić information content (AvgIpc) is 2.91. The van der Waals surface area contributed by atoms with E-state index in [9.17, 15) is 23.5 Å². The summed E-state index contributed by atoms with van der Waals surface area (Å²) in [6, 6.07) is 11.2. The molecule has 1 aliphatic carbocycles. The third-order valence-corrected chi connectivity index (χ3v) is 8.05. The molecule has 2 aromatic carbocycles. The van der Waals surface area contributed by atoms with Gasteiger partial charge in [-0.2, -0.15) is 0 Å². The molecule has 212 valence electrons. The topological polar surface area (TPSA) is 79.3 Å². The van der Waals surface area contributed by atoms with Crippen molar-refractivity contribution in [1.29, 1.82) is 0 Å². The molecule has 39 heavy (non-hydrogen) atoms. The van der Waals surface area contributed by atoms with Gasteiger partial charge in [-0.1, -0.05) is 12.1 Å². The molecule has 2 aliphatic rings. The van der Waals surface area contributed by atoms with Gasteiger partial charge in [-0.25, -0.2) is 8.78 Å². The van der Waals surface area contributed by atoms with E-state index >= 15 is 0 Å². The van der Waals surface area contributed by atoms with Crippen molar-refractivity contribution < 1.29 is 33.0 Å². The summed E-state index contributed by atoms with van der Waals surface area (Å²) < 4.78 is 39.3. The number of amides is 2. The number of halogens is 2. The van der Waals surface area contributed by atoms with Crippen LogP contribution in [0.2, 0.25) is 0 Å². The van der Waals surface area contributed by atoms with Gasteiger partial charge in [0.05, 0.1) is 13.2 Å². The van der Waals surface area contributed by atoms with Crippen LogP contribution in [-0.2, 0) is 10.4 Å². The summed E-state index contributed by atoms with van der Waals surface area (Å²) in [5, 5.41) is 10.9. The van der Waals surface area contributed by atoms with Gasteiger partial charge >= 0.3 is 0 Å². The maximum Gasteiger partial charge on any atom is 0.280 e. The van der Waals surface area contributed by atoms with Gasteiger partial charge in [-0.3, -0.25) is 9.59 Å². The number of piperidine rings is 1. The zero-order chi connectivity index (χ0) is 28.3. The maximum absolute atomic E-state index is 14.0. The highest BCUT2D eigenvalue weighted by Gasteiger charge is 2.50. The SMILES string of the molecule is COc1cccc([C@](O)(C(=O)N2CCC(CC3CC(Oc4ccc(C(=O)N(C)C)c(C)c4)C3)CC2)C(F)F)c1. The molecule has 2 aromatic rings.